The monoisotopic (exact) mass is 328 g/mol. The van der Waals surface area contributed by atoms with Crippen LogP contribution in [0.1, 0.15) is 11.1 Å². The molecule has 0 saturated heterocycles. The van der Waals surface area contributed by atoms with Gasteiger partial charge in [0.2, 0.25) is 0 Å². The zero-order chi connectivity index (χ0) is 13.1. The first-order valence-corrected chi connectivity index (χ1v) is 6.53. The topological polar surface area (TPSA) is 24.9 Å². The van der Waals surface area contributed by atoms with E-state index < -0.39 is 0 Å². The maximum absolute atomic E-state index is 13.5. The van der Waals surface area contributed by atoms with Crippen molar-refractivity contribution < 1.29 is 4.39 Å². The molecule has 0 aliphatic rings. The second-order valence-corrected chi connectivity index (χ2v) is 5.16. The first kappa shape index (κ1) is 13.3. The summed E-state index contributed by atoms with van der Waals surface area (Å²) in [7, 11) is 0. The van der Waals surface area contributed by atoms with E-state index in [1.165, 1.54) is 6.07 Å². The molecule has 0 fully saturated rings. The van der Waals surface area contributed by atoms with E-state index >= 15 is 0 Å². The van der Waals surface area contributed by atoms with Crippen LogP contribution in [0.25, 0.3) is 0 Å². The van der Waals surface area contributed by atoms with Crippen LogP contribution in [-0.4, -0.2) is 4.98 Å². The Hall–Kier alpha value is -1.13. The summed E-state index contributed by atoms with van der Waals surface area (Å²) in [4.78, 5) is 3.99. The minimum Gasteiger partial charge on any atom is -0.380 e. The summed E-state index contributed by atoms with van der Waals surface area (Å²) in [5.41, 5.74) is 2.44. The molecule has 0 saturated carbocycles. The number of benzene rings is 1. The van der Waals surface area contributed by atoms with Crippen molar-refractivity contribution in [2.24, 2.45) is 0 Å². The Morgan fingerprint density at radius 2 is 2.17 bits per heavy atom. The summed E-state index contributed by atoms with van der Waals surface area (Å²) < 4.78 is 14.2. The molecule has 2 rings (SSSR count). The van der Waals surface area contributed by atoms with Gasteiger partial charge in [-0.3, -0.25) is 0 Å². The Balaban J connectivity index is 2.11. The average molecular weight is 330 g/mol. The molecule has 1 aromatic carbocycles. The molecule has 0 atom stereocenters. The summed E-state index contributed by atoms with van der Waals surface area (Å²) in [6.07, 6.45) is 1.61. The Morgan fingerprint density at radius 3 is 2.89 bits per heavy atom. The van der Waals surface area contributed by atoms with Crippen molar-refractivity contribution in [3.8, 4) is 0 Å². The lowest BCUT2D eigenvalue weighted by Crippen LogP contribution is -2.02. The van der Waals surface area contributed by atoms with Crippen LogP contribution >= 0.6 is 27.5 Å². The van der Waals surface area contributed by atoms with Crippen molar-refractivity contribution >= 4 is 33.2 Å². The van der Waals surface area contributed by atoms with Crippen LogP contribution in [0.4, 0.5) is 10.1 Å². The summed E-state index contributed by atoms with van der Waals surface area (Å²) >= 11 is 9.09. The number of hydrogen-bond donors (Lipinski definition) is 1. The molecular weight excluding hydrogens is 319 g/mol. The van der Waals surface area contributed by atoms with E-state index in [1.54, 1.807) is 12.3 Å². The van der Waals surface area contributed by atoms with E-state index in [0.29, 0.717) is 21.7 Å². The highest BCUT2D eigenvalue weighted by molar-refractivity contribution is 9.10. The van der Waals surface area contributed by atoms with Gasteiger partial charge in [-0.2, -0.15) is 0 Å². The van der Waals surface area contributed by atoms with Gasteiger partial charge in [0.15, 0.2) is 0 Å². The number of anilines is 1. The zero-order valence-corrected chi connectivity index (χ0v) is 12.0. The van der Waals surface area contributed by atoms with Crippen LogP contribution < -0.4 is 5.32 Å². The predicted octanol–water partition coefficient (Wildman–Crippen LogP) is 4.56. The molecule has 2 aromatic rings. The Morgan fingerprint density at radius 1 is 1.39 bits per heavy atom. The maximum Gasteiger partial charge on any atom is 0.143 e. The molecule has 0 aliphatic carbocycles. The third-order valence-corrected chi connectivity index (χ3v) is 3.61. The Bertz CT molecular complexity index is 575. The standard InChI is InChI=1S/C13H11BrClFN2/c1-8-2-3-12(16)9(4-8)6-17-10-5-11(14)13(15)18-7-10/h2-5,7,17H,6H2,1H3. The van der Waals surface area contributed by atoms with Crippen molar-refractivity contribution in [2.75, 3.05) is 5.32 Å². The summed E-state index contributed by atoms with van der Waals surface area (Å²) in [6.45, 7) is 2.34. The van der Waals surface area contributed by atoms with Gasteiger partial charge in [0.25, 0.3) is 0 Å². The molecule has 1 heterocycles. The van der Waals surface area contributed by atoms with Crippen LogP contribution in [0.5, 0.6) is 0 Å². The van der Waals surface area contributed by atoms with Crippen LogP contribution in [0.15, 0.2) is 34.9 Å². The van der Waals surface area contributed by atoms with Crippen molar-refractivity contribution in [3.63, 3.8) is 0 Å². The van der Waals surface area contributed by atoms with Crippen LogP contribution in [0, 0.1) is 12.7 Å². The van der Waals surface area contributed by atoms with Crippen molar-refractivity contribution in [1.29, 1.82) is 0 Å². The third-order valence-electron chi connectivity index (χ3n) is 2.48. The number of aryl methyl sites for hydroxylation is 1. The van der Waals surface area contributed by atoms with Gasteiger partial charge in [-0.05, 0) is 35.0 Å². The van der Waals surface area contributed by atoms with E-state index in [4.69, 9.17) is 11.6 Å². The van der Waals surface area contributed by atoms with Gasteiger partial charge in [0.05, 0.1) is 16.4 Å². The van der Waals surface area contributed by atoms with E-state index in [-0.39, 0.29) is 5.82 Å². The SMILES string of the molecule is Cc1ccc(F)c(CNc2cnc(Cl)c(Br)c2)c1. The molecule has 18 heavy (non-hydrogen) atoms. The van der Waals surface area contributed by atoms with Gasteiger partial charge in [-0.15, -0.1) is 0 Å². The molecule has 1 aromatic heterocycles. The number of rotatable bonds is 3. The lowest BCUT2D eigenvalue weighted by atomic mass is 10.1. The molecule has 5 heteroatoms. The van der Waals surface area contributed by atoms with Gasteiger partial charge < -0.3 is 5.32 Å². The molecule has 94 valence electrons. The number of nitrogens with zero attached hydrogens (tertiary/aromatic N) is 1. The van der Waals surface area contributed by atoms with Crippen LogP contribution in [0.3, 0.4) is 0 Å². The number of pyridine rings is 1. The van der Waals surface area contributed by atoms with Crippen molar-refractivity contribution in [2.45, 2.75) is 13.5 Å². The largest absolute Gasteiger partial charge is 0.380 e. The van der Waals surface area contributed by atoms with E-state index in [9.17, 15) is 4.39 Å². The van der Waals surface area contributed by atoms with Gasteiger partial charge in [-0.25, -0.2) is 9.37 Å². The molecule has 0 unspecified atom stereocenters. The Kier molecular flexibility index (Phi) is 4.19. The van der Waals surface area contributed by atoms with E-state index in [2.05, 4.69) is 26.2 Å². The number of aromatic nitrogens is 1. The van der Waals surface area contributed by atoms with E-state index in [0.717, 1.165) is 11.3 Å². The summed E-state index contributed by atoms with van der Waals surface area (Å²) in [6, 6.07) is 6.85. The van der Waals surface area contributed by atoms with Crippen LogP contribution in [-0.2, 0) is 6.54 Å². The smallest absolute Gasteiger partial charge is 0.143 e. The lowest BCUT2D eigenvalue weighted by Gasteiger charge is -2.08. The molecule has 0 aliphatic heterocycles. The first-order chi connectivity index (χ1) is 8.56. The van der Waals surface area contributed by atoms with Gasteiger partial charge in [0.1, 0.15) is 11.0 Å². The number of hydrogen-bond acceptors (Lipinski definition) is 2. The minimum atomic E-state index is -0.214. The highest BCUT2D eigenvalue weighted by atomic mass is 79.9. The fraction of sp³-hybridized carbons (Fsp3) is 0.154. The van der Waals surface area contributed by atoms with Gasteiger partial charge >= 0.3 is 0 Å². The van der Waals surface area contributed by atoms with Gasteiger partial charge in [-0.1, -0.05) is 29.3 Å². The molecule has 0 spiro atoms. The first-order valence-electron chi connectivity index (χ1n) is 5.36. The summed E-state index contributed by atoms with van der Waals surface area (Å²) in [5.74, 6) is -0.214. The highest BCUT2D eigenvalue weighted by Crippen LogP contribution is 2.23. The number of nitrogens with one attached hydrogen (secondary N) is 1. The molecule has 0 radical (unpaired) electrons. The predicted molar refractivity (Wildman–Crippen MR) is 75.4 cm³/mol. The minimum absolute atomic E-state index is 0.214. The third kappa shape index (κ3) is 3.21. The Labute approximate surface area is 118 Å². The fourth-order valence-electron chi connectivity index (χ4n) is 1.55. The second kappa shape index (κ2) is 5.67. The quantitative estimate of drug-likeness (QED) is 0.835. The fourth-order valence-corrected chi connectivity index (χ4v) is 2.01. The van der Waals surface area contributed by atoms with Crippen LogP contribution in [0.2, 0.25) is 5.15 Å². The normalized spacial score (nSPS) is 10.4. The molecule has 1 N–H and O–H groups in total. The molecule has 0 amide bonds. The molecule has 0 bridgehead atoms. The highest BCUT2D eigenvalue weighted by Gasteiger charge is 2.04. The molecular formula is C13H11BrClFN2. The second-order valence-electron chi connectivity index (χ2n) is 3.95. The summed E-state index contributed by atoms with van der Waals surface area (Å²) in [5, 5.41) is 3.51. The number of halogens is 3. The average Bonchev–Trinajstić information content (AvgIpc) is 2.34. The maximum atomic E-state index is 13.5. The van der Waals surface area contributed by atoms with Gasteiger partial charge in [0, 0.05) is 12.1 Å². The molecule has 2 nitrogen and oxygen atoms in total. The van der Waals surface area contributed by atoms with Crippen molar-refractivity contribution in [1.82, 2.24) is 4.98 Å². The van der Waals surface area contributed by atoms with E-state index in [1.807, 2.05) is 19.1 Å². The zero-order valence-electron chi connectivity index (χ0n) is 9.67. The van der Waals surface area contributed by atoms with Crippen molar-refractivity contribution in [3.05, 3.63) is 57.0 Å². The lowest BCUT2D eigenvalue weighted by molar-refractivity contribution is 0.612.